The minimum atomic E-state index is -3.70. The third-order valence-corrected chi connectivity index (χ3v) is 6.62. The molecule has 0 unspecified atom stereocenters. The van der Waals surface area contributed by atoms with Gasteiger partial charge < -0.3 is 0 Å². The van der Waals surface area contributed by atoms with E-state index in [9.17, 15) is 8.42 Å². The summed E-state index contributed by atoms with van der Waals surface area (Å²) in [6, 6.07) is 7.94. The predicted octanol–water partition coefficient (Wildman–Crippen LogP) is 3.86. The average Bonchev–Trinajstić information content (AvgIpc) is 2.83. The summed E-state index contributed by atoms with van der Waals surface area (Å²) in [5.41, 5.74) is 1.21. The minimum absolute atomic E-state index is 0.0000352. The van der Waals surface area contributed by atoms with Crippen LogP contribution in [0.25, 0.3) is 0 Å². The summed E-state index contributed by atoms with van der Waals surface area (Å²) in [5.74, 6) is 0. The smallest absolute Gasteiger partial charge is 0.207 e. The van der Waals surface area contributed by atoms with E-state index in [1.807, 2.05) is 17.5 Å². The van der Waals surface area contributed by atoms with E-state index in [1.54, 1.807) is 0 Å². The number of hydrogen-bond acceptors (Lipinski definition) is 4. The van der Waals surface area contributed by atoms with E-state index >= 15 is 0 Å². The topological polar surface area (TPSA) is 61.2 Å². The van der Waals surface area contributed by atoms with Crippen molar-refractivity contribution in [3.8, 4) is 6.07 Å². The molecule has 0 atom stereocenters. The highest BCUT2D eigenvalue weighted by Gasteiger charge is 2.24. The fraction of sp³-hybridized carbons (Fsp3) is 0.154. The van der Waals surface area contributed by atoms with Crippen molar-refractivity contribution in [2.24, 2.45) is 0 Å². The van der Waals surface area contributed by atoms with Crippen molar-refractivity contribution in [1.29, 1.82) is 5.26 Å². The van der Waals surface area contributed by atoms with Gasteiger partial charge in [0.15, 0.2) is 0 Å². The number of halogens is 2. The van der Waals surface area contributed by atoms with Crippen LogP contribution >= 0.6 is 38.9 Å². The van der Waals surface area contributed by atoms with Gasteiger partial charge in [-0.1, -0.05) is 11.6 Å². The molecule has 1 aromatic carbocycles. The Balaban J connectivity index is 2.31. The lowest BCUT2D eigenvalue weighted by molar-refractivity contribution is 0.467. The Bertz CT molecular complexity index is 812. The van der Waals surface area contributed by atoms with E-state index < -0.39 is 10.0 Å². The molecule has 0 saturated carbocycles. The van der Waals surface area contributed by atoms with Gasteiger partial charge in [-0.2, -0.15) is 9.57 Å². The van der Waals surface area contributed by atoms with Crippen LogP contribution in [-0.2, 0) is 16.6 Å². The first-order valence-electron chi connectivity index (χ1n) is 5.73. The first-order valence-corrected chi connectivity index (χ1v) is 9.22. The lowest BCUT2D eigenvalue weighted by Gasteiger charge is -2.17. The quantitative estimate of drug-likeness (QED) is 0.776. The normalized spacial score (nSPS) is 11.6. The SMILES string of the molecule is CN(Cc1csc(Br)c1)S(=O)(=O)c1ccc(C#N)cc1Cl. The average molecular weight is 406 g/mol. The molecule has 0 N–H and O–H groups in total. The van der Waals surface area contributed by atoms with Crippen molar-refractivity contribution in [2.45, 2.75) is 11.4 Å². The summed E-state index contributed by atoms with van der Waals surface area (Å²) in [5, 5.41) is 10.7. The maximum Gasteiger partial charge on any atom is 0.244 e. The molecular weight excluding hydrogens is 396 g/mol. The highest BCUT2D eigenvalue weighted by atomic mass is 79.9. The second-order valence-electron chi connectivity index (χ2n) is 4.28. The van der Waals surface area contributed by atoms with E-state index in [2.05, 4.69) is 15.9 Å². The molecule has 0 spiro atoms. The molecule has 1 heterocycles. The third kappa shape index (κ3) is 3.65. The monoisotopic (exact) mass is 404 g/mol. The van der Waals surface area contributed by atoms with E-state index in [4.69, 9.17) is 16.9 Å². The molecule has 0 aliphatic heterocycles. The van der Waals surface area contributed by atoms with E-state index in [0.717, 1.165) is 9.35 Å². The van der Waals surface area contributed by atoms with Gasteiger partial charge in [0.2, 0.25) is 10.0 Å². The van der Waals surface area contributed by atoms with E-state index in [-0.39, 0.29) is 16.5 Å². The number of hydrogen-bond donors (Lipinski definition) is 0. The van der Waals surface area contributed by atoms with Crippen LogP contribution in [0.15, 0.2) is 38.3 Å². The van der Waals surface area contributed by atoms with Crippen LogP contribution in [0.2, 0.25) is 5.02 Å². The van der Waals surface area contributed by atoms with Gasteiger partial charge in [0.25, 0.3) is 0 Å². The molecule has 0 radical (unpaired) electrons. The third-order valence-electron chi connectivity index (χ3n) is 2.78. The Kier molecular flexibility index (Phi) is 5.07. The summed E-state index contributed by atoms with van der Waals surface area (Å²) in [4.78, 5) is -0.0000352. The Morgan fingerprint density at radius 1 is 1.43 bits per heavy atom. The minimum Gasteiger partial charge on any atom is -0.207 e. The molecule has 8 heteroatoms. The molecule has 0 aliphatic carbocycles. The van der Waals surface area contributed by atoms with Crippen molar-refractivity contribution in [1.82, 2.24) is 4.31 Å². The van der Waals surface area contributed by atoms with Crippen molar-refractivity contribution in [3.05, 3.63) is 49.6 Å². The van der Waals surface area contributed by atoms with Crippen LogP contribution in [0.5, 0.6) is 0 Å². The highest BCUT2D eigenvalue weighted by Crippen LogP contribution is 2.27. The van der Waals surface area contributed by atoms with Gasteiger partial charge in [0.1, 0.15) is 4.90 Å². The van der Waals surface area contributed by atoms with Crippen molar-refractivity contribution >= 4 is 48.9 Å². The first kappa shape index (κ1) is 16.5. The van der Waals surface area contributed by atoms with Crippen LogP contribution in [-0.4, -0.2) is 19.8 Å². The number of rotatable bonds is 4. The standard InChI is InChI=1S/C13H10BrClN2O2S2/c1-17(7-10-5-13(14)20-8-10)21(18,19)12-3-2-9(6-16)4-11(12)15/h2-5,8H,7H2,1H3. The number of benzene rings is 1. The molecule has 2 rings (SSSR count). The summed E-state index contributed by atoms with van der Waals surface area (Å²) < 4.78 is 27.2. The molecule has 0 amide bonds. The van der Waals surface area contributed by atoms with Gasteiger partial charge in [0, 0.05) is 13.6 Å². The number of nitrogens with zero attached hydrogens (tertiary/aromatic N) is 2. The maximum atomic E-state index is 12.5. The van der Waals surface area contributed by atoms with Crippen molar-refractivity contribution < 1.29 is 8.42 Å². The van der Waals surface area contributed by atoms with Crippen molar-refractivity contribution in [2.75, 3.05) is 7.05 Å². The van der Waals surface area contributed by atoms with E-state index in [1.165, 1.54) is 40.9 Å². The van der Waals surface area contributed by atoms with E-state index in [0.29, 0.717) is 5.56 Å². The zero-order valence-electron chi connectivity index (χ0n) is 10.9. The Hall–Kier alpha value is -0.910. The van der Waals surface area contributed by atoms with Crippen LogP contribution in [0, 0.1) is 11.3 Å². The van der Waals surface area contributed by atoms with Crippen LogP contribution in [0.1, 0.15) is 11.1 Å². The molecule has 21 heavy (non-hydrogen) atoms. The lowest BCUT2D eigenvalue weighted by Crippen LogP contribution is -2.26. The van der Waals surface area contributed by atoms with Gasteiger partial charge in [0.05, 0.1) is 20.4 Å². The van der Waals surface area contributed by atoms with Gasteiger partial charge >= 0.3 is 0 Å². The number of nitriles is 1. The van der Waals surface area contributed by atoms with Crippen LogP contribution < -0.4 is 0 Å². The fourth-order valence-electron chi connectivity index (χ4n) is 1.72. The molecular formula is C13H10BrClN2O2S2. The Morgan fingerprint density at radius 3 is 2.67 bits per heavy atom. The summed E-state index contributed by atoms with van der Waals surface area (Å²) in [6.07, 6.45) is 0. The predicted molar refractivity (Wildman–Crippen MR) is 86.8 cm³/mol. The zero-order chi connectivity index (χ0) is 15.6. The second-order valence-corrected chi connectivity index (χ2v) is 8.99. The highest BCUT2D eigenvalue weighted by molar-refractivity contribution is 9.11. The molecule has 4 nitrogen and oxygen atoms in total. The molecule has 1 aromatic heterocycles. The molecule has 0 bridgehead atoms. The fourth-order valence-corrected chi connectivity index (χ4v) is 4.59. The zero-order valence-corrected chi connectivity index (χ0v) is 14.9. The number of sulfonamides is 1. The molecule has 0 fully saturated rings. The summed E-state index contributed by atoms with van der Waals surface area (Å²) in [6.45, 7) is 0.251. The second kappa shape index (κ2) is 6.46. The van der Waals surface area contributed by atoms with Gasteiger partial charge in [-0.3, -0.25) is 0 Å². The largest absolute Gasteiger partial charge is 0.244 e. The summed E-state index contributed by atoms with van der Waals surface area (Å²) in [7, 11) is -2.21. The van der Waals surface area contributed by atoms with Gasteiger partial charge in [-0.05, 0) is 51.1 Å². The molecule has 110 valence electrons. The van der Waals surface area contributed by atoms with Crippen LogP contribution in [0.3, 0.4) is 0 Å². The van der Waals surface area contributed by atoms with Crippen molar-refractivity contribution in [3.63, 3.8) is 0 Å². The Morgan fingerprint density at radius 2 is 2.14 bits per heavy atom. The van der Waals surface area contributed by atoms with Gasteiger partial charge in [-0.15, -0.1) is 11.3 Å². The molecule has 0 saturated heterocycles. The van der Waals surface area contributed by atoms with Crippen LogP contribution in [0.4, 0.5) is 0 Å². The maximum absolute atomic E-state index is 12.5. The first-order chi connectivity index (χ1) is 9.84. The Labute approximate surface area is 140 Å². The molecule has 2 aromatic rings. The summed E-state index contributed by atoms with van der Waals surface area (Å²) >= 11 is 10.8. The lowest BCUT2D eigenvalue weighted by atomic mass is 10.2. The number of thiophene rings is 1. The molecule has 0 aliphatic rings. The van der Waals surface area contributed by atoms with Gasteiger partial charge in [-0.25, -0.2) is 8.42 Å².